The highest BCUT2D eigenvalue weighted by molar-refractivity contribution is 7.09. The first-order valence-electron chi connectivity index (χ1n) is 15.6. The van der Waals surface area contributed by atoms with Crippen LogP contribution in [0.4, 0.5) is 9.59 Å². The summed E-state index contributed by atoms with van der Waals surface area (Å²) in [6, 6.07) is 19.0. The molecule has 4 rings (SSSR count). The lowest BCUT2D eigenvalue weighted by Gasteiger charge is -2.23. The van der Waals surface area contributed by atoms with Gasteiger partial charge in [-0.1, -0.05) is 74.5 Å². The molecule has 2 heterocycles. The summed E-state index contributed by atoms with van der Waals surface area (Å²) >= 11 is 3.01. The molecule has 0 bridgehead atoms. The molecule has 0 saturated carbocycles. The Kier molecular flexibility index (Phi) is 14.1. The molecule has 0 aliphatic rings. The van der Waals surface area contributed by atoms with Crippen LogP contribution < -0.4 is 10.6 Å². The van der Waals surface area contributed by atoms with Gasteiger partial charge in [0.2, 0.25) is 5.91 Å². The third kappa shape index (κ3) is 12.7. The zero-order valence-electron chi connectivity index (χ0n) is 27.0. The van der Waals surface area contributed by atoms with Gasteiger partial charge in [-0.05, 0) is 36.8 Å². The number of thiazole rings is 2. The smallest absolute Gasteiger partial charge is 0.407 e. The number of amides is 4. The molecule has 2 atom stereocenters. The summed E-state index contributed by atoms with van der Waals surface area (Å²) in [6.07, 6.45) is 4.95. The van der Waals surface area contributed by atoms with Crippen LogP contribution in [0.2, 0.25) is 0 Å². The second-order valence-corrected chi connectivity index (χ2v) is 13.5. The number of carbonyl (C=O) groups is 3. The van der Waals surface area contributed by atoms with Gasteiger partial charge in [0.25, 0.3) is 0 Å². The number of rotatable bonds is 16. The van der Waals surface area contributed by atoms with E-state index in [9.17, 15) is 14.4 Å². The molecule has 47 heavy (non-hydrogen) atoms. The molecule has 0 spiro atoms. The van der Waals surface area contributed by atoms with Crippen LogP contribution in [0.25, 0.3) is 0 Å². The average molecular weight is 675 g/mol. The van der Waals surface area contributed by atoms with Crippen molar-refractivity contribution in [3.63, 3.8) is 0 Å². The molecule has 2 aromatic heterocycles. The molecular formula is C35H42N6O4S2. The van der Waals surface area contributed by atoms with Gasteiger partial charge in [-0.15, -0.1) is 22.7 Å². The van der Waals surface area contributed by atoms with E-state index in [0.29, 0.717) is 38.1 Å². The third-order valence-electron chi connectivity index (χ3n) is 7.30. The van der Waals surface area contributed by atoms with E-state index < -0.39 is 12.1 Å². The Morgan fingerprint density at radius 1 is 0.936 bits per heavy atom. The van der Waals surface area contributed by atoms with E-state index in [1.54, 1.807) is 30.1 Å². The molecule has 248 valence electrons. The minimum Gasteiger partial charge on any atom is -0.444 e. The monoisotopic (exact) mass is 674 g/mol. The van der Waals surface area contributed by atoms with Gasteiger partial charge in [-0.3, -0.25) is 9.78 Å². The normalized spacial score (nSPS) is 12.5. The van der Waals surface area contributed by atoms with Gasteiger partial charge >= 0.3 is 12.1 Å². The molecule has 2 unspecified atom stereocenters. The molecule has 0 fully saturated rings. The number of urea groups is 1. The van der Waals surface area contributed by atoms with Crippen LogP contribution in [-0.2, 0) is 35.5 Å². The third-order valence-corrected chi connectivity index (χ3v) is 9.24. The molecule has 4 amide bonds. The Bertz CT molecular complexity index is 1560. The molecule has 0 radical (unpaired) electrons. The van der Waals surface area contributed by atoms with E-state index in [1.807, 2.05) is 66.0 Å². The lowest BCUT2D eigenvalue weighted by atomic mass is 9.96. The van der Waals surface area contributed by atoms with Crippen molar-refractivity contribution in [3.8, 4) is 0 Å². The van der Waals surface area contributed by atoms with Crippen molar-refractivity contribution in [1.29, 1.82) is 0 Å². The fraction of sp³-hybridized carbons (Fsp3) is 0.371. The molecule has 12 heteroatoms. The van der Waals surface area contributed by atoms with Gasteiger partial charge in [-0.25, -0.2) is 19.6 Å². The summed E-state index contributed by atoms with van der Waals surface area (Å²) in [7, 11) is 1.67. The van der Waals surface area contributed by atoms with Crippen molar-refractivity contribution in [2.75, 3.05) is 7.05 Å². The molecule has 4 aromatic rings. The number of benzene rings is 2. The van der Waals surface area contributed by atoms with Crippen molar-refractivity contribution in [3.05, 3.63) is 104 Å². The number of nitrogens with one attached hydrogen (secondary N) is 2. The topological polar surface area (TPSA) is 126 Å². The number of carbonyl (C=O) groups excluding carboxylic acids is 3. The van der Waals surface area contributed by atoms with Crippen LogP contribution in [0.3, 0.4) is 0 Å². The number of alkyl carbamates (subject to hydrolysis) is 1. The number of hydrogen-bond donors (Lipinski definition) is 2. The second-order valence-electron chi connectivity index (χ2n) is 11.6. The fourth-order valence-electron chi connectivity index (χ4n) is 4.87. The maximum Gasteiger partial charge on any atom is 0.407 e. The van der Waals surface area contributed by atoms with Crippen molar-refractivity contribution >= 4 is 46.9 Å². The first-order chi connectivity index (χ1) is 22.7. The van der Waals surface area contributed by atoms with Crippen molar-refractivity contribution in [2.45, 2.75) is 77.1 Å². The zero-order chi connectivity index (χ0) is 33.4. The number of aliphatic imine (C=N–C) groups is 1. The van der Waals surface area contributed by atoms with Gasteiger partial charge in [0.05, 0.1) is 34.1 Å². The van der Waals surface area contributed by atoms with Gasteiger partial charge in [-0.2, -0.15) is 0 Å². The Morgan fingerprint density at radius 2 is 1.57 bits per heavy atom. The molecular weight excluding hydrogens is 633 g/mol. The summed E-state index contributed by atoms with van der Waals surface area (Å²) < 4.78 is 5.45. The van der Waals surface area contributed by atoms with Crippen LogP contribution >= 0.6 is 22.7 Å². The Hall–Kier alpha value is -4.42. The number of hydrogen-bond acceptors (Lipinski definition) is 8. The van der Waals surface area contributed by atoms with E-state index in [4.69, 9.17) is 4.74 Å². The van der Waals surface area contributed by atoms with Crippen LogP contribution in [0, 0.1) is 0 Å². The van der Waals surface area contributed by atoms with E-state index in [-0.39, 0.29) is 31.0 Å². The standard InChI is InChI=1S/C35H42N6O4S2/c1-25(2)33-39-30(23-46-33)21-41(3)34(43)37-17-16-32(42)38-28(18-26-10-6-4-7-11-26)14-15-29(19-27-12-8-5-9-13-27)40-35(44)45-22-31-20-36-24-47-31/h4-13,17,20,23-25,28-29H,14-16,18-19,21-22H2,1-3H3,(H,38,42)(H,40,44)/b37-17+. The van der Waals surface area contributed by atoms with Gasteiger partial charge in [0.15, 0.2) is 0 Å². The SMILES string of the molecule is CC(C)c1nc(CN(C)C(=O)/N=C/CC(=O)NC(CCC(Cc2ccccc2)NC(=O)OCc2cncs2)Cc2ccccc2)cs1. The maximum absolute atomic E-state index is 13.0. The highest BCUT2D eigenvalue weighted by atomic mass is 32.1. The minimum absolute atomic E-state index is 0.0331. The Balaban J connectivity index is 1.34. The van der Waals surface area contributed by atoms with Crippen molar-refractivity contribution < 1.29 is 19.1 Å². The number of aromatic nitrogens is 2. The van der Waals surface area contributed by atoms with E-state index in [1.165, 1.54) is 22.5 Å². The van der Waals surface area contributed by atoms with Crippen molar-refractivity contribution in [1.82, 2.24) is 25.5 Å². The van der Waals surface area contributed by atoms with Gasteiger partial charge in [0.1, 0.15) is 6.61 Å². The predicted octanol–water partition coefficient (Wildman–Crippen LogP) is 6.78. The molecule has 0 saturated heterocycles. The molecule has 2 N–H and O–H groups in total. The Morgan fingerprint density at radius 3 is 2.15 bits per heavy atom. The van der Waals surface area contributed by atoms with Crippen molar-refractivity contribution in [2.24, 2.45) is 4.99 Å². The summed E-state index contributed by atoms with van der Waals surface area (Å²) in [5.74, 6) is 0.0989. The van der Waals surface area contributed by atoms with Crippen LogP contribution in [-0.4, -0.2) is 58.2 Å². The number of nitrogens with zero attached hydrogens (tertiary/aromatic N) is 4. The highest BCUT2D eigenvalue weighted by Crippen LogP contribution is 2.20. The average Bonchev–Trinajstić information content (AvgIpc) is 3.76. The van der Waals surface area contributed by atoms with Crippen LogP contribution in [0.15, 0.2) is 82.7 Å². The highest BCUT2D eigenvalue weighted by Gasteiger charge is 2.20. The lowest BCUT2D eigenvalue weighted by molar-refractivity contribution is -0.120. The lowest BCUT2D eigenvalue weighted by Crippen LogP contribution is -2.41. The number of ether oxygens (including phenoxy) is 1. The summed E-state index contributed by atoms with van der Waals surface area (Å²) in [5.41, 5.74) is 4.69. The minimum atomic E-state index is -0.496. The van der Waals surface area contributed by atoms with E-state index in [0.717, 1.165) is 26.7 Å². The molecule has 2 aromatic carbocycles. The van der Waals surface area contributed by atoms with Crippen LogP contribution in [0.1, 0.15) is 65.7 Å². The predicted molar refractivity (Wildman–Crippen MR) is 187 cm³/mol. The van der Waals surface area contributed by atoms with E-state index in [2.05, 4.69) is 39.4 Å². The summed E-state index contributed by atoms with van der Waals surface area (Å²) in [6.45, 7) is 4.67. The summed E-state index contributed by atoms with van der Waals surface area (Å²) in [4.78, 5) is 53.3. The van der Waals surface area contributed by atoms with Gasteiger partial charge in [0, 0.05) is 42.8 Å². The molecule has 10 nitrogen and oxygen atoms in total. The Labute approximate surface area is 284 Å². The largest absolute Gasteiger partial charge is 0.444 e. The zero-order valence-corrected chi connectivity index (χ0v) is 28.6. The van der Waals surface area contributed by atoms with Gasteiger partial charge < -0.3 is 20.3 Å². The maximum atomic E-state index is 13.0. The quantitative estimate of drug-likeness (QED) is 0.126. The second kappa shape index (κ2) is 18.7. The first-order valence-corrected chi connectivity index (χ1v) is 17.4. The van der Waals surface area contributed by atoms with E-state index >= 15 is 0 Å². The van der Waals surface area contributed by atoms with Crippen LogP contribution in [0.5, 0.6) is 0 Å². The molecule has 0 aliphatic heterocycles. The fourth-order valence-corrected chi connectivity index (χ4v) is 6.20. The summed E-state index contributed by atoms with van der Waals surface area (Å²) in [5, 5.41) is 9.13. The molecule has 0 aliphatic carbocycles. The first kappa shape index (κ1) is 35.4.